The number of benzene rings is 4. The molecular weight excluding hydrogens is 925 g/mol. The molecule has 1 atom stereocenters. The van der Waals surface area contributed by atoms with E-state index in [0.717, 1.165) is 60.8 Å². The minimum atomic E-state index is -1.28. The summed E-state index contributed by atoms with van der Waals surface area (Å²) in [7, 11) is 0. The number of nitrogens with one attached hydrogen (secondary N) is 5. The van der Waals surface area contributed by atoms with Crippen molar-refractivity contribution < 1.29 is 42.7 Å². The Hall–Kier alpha value is -7.18. The quantitative estimate of drug-likeness (QED) is 0.0485. The topological polar surface area (TPSA) is 209 Å². The highest BCUT2D eigenvalue weighted by molar-refractivity contribution is 7.15. The molecule has 2 aromatic heterocycles. The van der Waals surface area contributed by atoms with Gasteiger partial charge in [0.2, 0.25) is 0 Å². The van der Waals surface area contributed by atoms with Crippen molar-refractivity contribution in [3.8, 4) is 22.3 Å². The molecule has 354 valence electrons. The lowest BCUT2D eigenvalue weighted by Crippen LogP contribution is -2.26. The van der Waals surface area contributed by atoms with Crippen molar-refractivity contribution in [1.82, 2.24) is 25.9 Å². The van der Waals surface area contributed by atoms with Crippen LogP contribution in [0.4, 0.5) is 19.0 Å². The first-order chi connectivity index (χ1) is 33.2. The van der Waals surface area contributed by atoms with Crippen molar-refractivity contribution >= 4 is 68.4 Å². The fourth-order valence-corrected chi connectivity index (χ4v) is 9.50. The predicted molar refractivity (Wildman–Crippen MR) is 258 cm³/mol. The first kappa shape index (κ1) is 46.9. The Morgan fingerprint density at radius 1 is 0.667 bits per heavy atom. The van der Waals surface area contributed by atoms with Gasteiger partial charge in [0.05, 0.1) is 5.56 Å². The summed E-state index contributed by atoms with van der Waals surface area (Å²) in [5.74, 6) is -4.99. The summed E-state index contributed by atoms with van der Waals surface area (Å²) in [5, 5.41) is 26.3. The fourth-order valence-electron chi connectivity index (χ4n) is 8.01. The number of halogens is 2. The zero-order valence-corrected chi connectivity index (χ0v) is 39.2. The minimum Gasteiger partial charge on any atom is -0.478 e. The summed E-state index contributed by atoms with van der Waals surface area (Å²) in [6.45, 7) is 3.93. The van der Waals surface area contributed by atoms with Gasteiger partial charge in [-0.15, -0.1) is 22.7 Å². The SMILES string of the molecule is Cc1c(F)cc(C(=O)NC2CC2)cc1-c1ccc(C(=O)O)cc1C(=O)Nc1ncc(C[C@H](C)Cc2c(F)cc(C(=O)NC3CC3)cc2-c2ccc(C(=O)NCC3CC3)cc2C(=O)Nc2nccs2)s1. The molecule has 0 radical (unpaired) electrons. The molecule has 6 aromatic rings. The third-order valence-electron chi connectivity index (χ3n) is 12.3. The molecule has 3 fully saturated rings. The summed E-state index contributed by atoms with van der Waals surface area (Å²) >= 11 is 2.37. The maximum Gasteiger partial charge on any atom is 0.335 e. The number of amides is 5. The predicted octanol–water partition coefficient (Wildman–Crippen LogP) is 9.07. The van der Waals surface area contributed by atoms with Crippen molar-refractivity contribution in [2.24, 2.45) is 11.8 Å². The van der Waals surface area contributed by atoms with Crippen LogP contribution in [-0.2, 0) is 12.8 Å². The van der Waals surface area contributed by atoms with Crippen LogP contribution in [0.3, 0.4) is 0 Å². The Bertz CT molecular complexity index is 3040. The Kier molecular flexibility index (Phi) is 13.5. The lowest BCUT2D eigenvalue weighted by atomic mass is 9.87. The number of nitrogens with zero attached hydrogens (tertiary/aromatic N) is 2. The summed E-state index contributed by atoms with van der Waals surface area (Å²) in [4.78, 5) is 89.1. The van der Waals surface area contributed by atoms with Gasteiger partial charge in [0.15, 0.2) is 10.3 Å². The first-order valence-electron chi connectivity index (χ1n) is 22.7. The second kappa shape index (κ2) is 19.8. The van der Waals surface area contributed by atoms with E-state index >= 15 is 8.78 Å². The molecule has 3 aliphatic rings. The van der Waals surface area contributed by atoms with E-state index in [1.165, 1.54) is 54.7 Å². The minimum absolute atomic E-state index is 0.000314. The van der Waals surface area contributed by atoms with Crippen LogP contribution in [0.15, 0.2) is 78.4 Å². The molecule has 0 unspecified atom stereocenters. The number of anilines is 2. The first-order valence-corrected chi connectivity index (χ1v) is 24.4. The van der Waals surface area contributed by atoms with E-state index in [0.29, 0.717) is 35.1 Å². The molecule has 0 saturated heterocycles. The highest BCUT2D eigenvalue weighted by Crippen LogP contribution is 2.36. The number of carboxylic acid groups (broad SMARTS) is 1. The van der Waals surface area contributed by atoms with E-state index < -0.39 is 41.2 Å². The molecule has 3 aliphatic carbocycles. The number of carbonyl (C=O) groups excluding carboxylic acids is 5. The van der Waals surface area contributed by atoms with Gasteiger partial charge in [0, 0.05) is 69.1 Å². The van der Waals surface area contributed by atoms with Crippen LogP contribution < -0.4 is 26.6 Å². The van der Waals surface area contributed by atoms with E-state index in [1.54, 1.807) is 36.0 Å². The molecule has 5 amide bonds. The fraction of sp³-hybridized carbons (Fsp3) is 0.294. The second-order valence-electron chi connectivity index (χ2n) is 18.0. The maximum absolute atomic E-state index is 16.7. The average molecular weight is 972 g/mol. The second-order valence-corrected chi connectivity index (χ2v) is 20.0. The van der Waals surface area contributed by atoms with Gasteiger partial charge in [0.25, 0.3) is 29.5 Å². The molecule has 4 aromatic carbocycles. The Labute approximate surface area is 403 Å². The number of aromatic nitrogens is 2. The average Bonchev–Trinajstić information content (AvgIpc) is 4.29. The summed E-state index contributed by atoms with van der Waals surface area (Å²) < 4.78 is 32.0. The summed E-state index contributed by atoms with van der Waals surface area (Å²) in [5.41, 5.74) is 1.69. The van der Waals surface area contributed by atoms with Gasteiger partial charge in [-0.3, -0.25) is 34.6 Å². The van der Waals surface area contributed by atoms with Crippen LogP contribution >= 0.6 is 22.7 Å². The van der Waals surface area contributed by atoms with Gasteiger partial charge in [-0.05, 0) is 152 Å². The molecule has 14 nitrogen and oxygen atoms in total. The van der Waals surface area contributed by atoms with Crippen molar-refractivity contribution in [3.63, 3.8) is 0 Å². The zero-order valence-electron chi connectivity index (χ0n) is 37.5. The van der Waals surface area contributed by atoms with Crippen molar-refractivity contribution in [2.45, 2.75) is 77.3 Å². The van der Waals surface area contributed by atoms with Crippen molar-refractivity contribution in [2.75, 3.05) is 17.2 Å². The van der Waals surface area contributed by atoms with Gasteiger partial charge in [-0.1, -0.05) is 19.1 Å². The van der Waals surface area contributed by atoms with Crippen LogP contribution in [0.5, 0.6) is 0 Å². The van der Waals surface area contributed by atoms with Gasteiger partial charge in [-0.2, -0.15) is 0 Å². The number of carbonyl (C=O) groups is 6. The monoisotopic (exact) mass is 971 g/mol. The molecule has 0 spiro atoms. The smallest absolute Gasteiger partial charge is 0.335 e. The summed E-state index contributed by atoms with van der Waals surface area (Å²) in [6.07, 6.45) is 8.99. The number of hydrogen-bond acceptors (Lipinski definition) is 10. The van der Waals surface area contributed by atoms with E-state index in [-0.39, 0.29) is 91.1 Å². The lowest BCUT2D eigenvalue weighted by molar-refractivity contribution is 0.0695. The standard InChI is InChI=1S/C51H47F2N7O7S2/c1-25(15-34-24-56-51(69-34)60-48(65)41-18-29(49(66)67)6-12-35(41)37-19-30(21-42(52)26(37)2)45(62)57-32-7-8-32)16-39-38(20-31(22-43(39)53)46(63)58-33-9-10-33)36-11-5-28(44(61)55-23-27-3-4-27)17-40(36)47(64)59-50-54-13-14-68-50/h5-6,11-14,17-22,24-25,27,32-33H,3-4,7-10,15-16,23H2,1-2H3,(H,55,61)(H,57,62)(H,58,63)(H,66,67)(H,54,59,64)(H,56,60,65)/t25-/m0/s1. The highest BCUT2D eigenvalue weighted by atomic mass is 32.1. The third kappa shape index (κ3) is 11.2. The number of carboxylic acids is 1. The molecular formula is C51H47F2N7O7S2. The Balaban J connectivity index is 0.984. The van der Waals surface area contributed by atoms with Crippen LogP contribution in [0.1, 0.15) is 124 Å². The van der Waals surface area contributed by atoms with Crippen LogP contribution in [-0.4, -0.2) is 69.2 Å². The molecule has 9 rings (SSSR count). The van der Waals surface area contributed by atoms with Crippen LogP contribution in [0.25, 0.3) is 22.3 Å². The molecule has 0 aliphatic heterocycles. The third-order valence-corrected chi connectivity index (χ3v) is 13.9. The molecule has 2 heterocycles. The molecule has 3 saturated carbocycles. The van der Waals surface area contributed by atoms with Gasteiger partial charge in [0.1, 0.15) is 11.6 Å². The zero-order chi connectivity index (χ0) is 48.5. The Morgan fingerprint density at radius 3 is 1.87 bits per heavy atom. The number of aromatic carboxylic acids is 1. The Morgan fingerprint density at radius 2 is 1.26 bits per heavy atom. The number of thiazole rings is 2. The number of hydrogen-bond donors (Lipinski definition) is 6. The molecule has 6 N–H and O–H groups in total. The highest BCUT2D eigenvalue weighted by Gasteiger charge is 2.29. The van der Waals surface area contributed by atoms with Crippen molar-refractivity contribution in [1.29, 1.82) is 0 Å². The van der Waals surface area contributed by atoms with E-state index in [1.807, 2.05) is 6.92 Å². The van der Waals surface area contributed by atoms with Gasteiger partial charge < -0.3 is 21.1 Å². The largest absolute Gasteiger partial charge is 0.478 e. The normalized spacial score (nSPS) is 14.7. The van der Waals surface area contributed by atoms with E-state index in [2.05, 4.69) is 36.6 Å². The van der Waals surface area contributed by atoms with Gasteiger partial charge >= 0.3 is 5.97 Å². The van der Waals surface area contributed by atoms with E-state index in [9.17, 15) is 33.9 Å². The van der Waals surface area contributed by atoms with Crippen LogP contribution in [0.2, 0.25) is 0 Å². The van der Waals surface area contributed by atoms with Crippen molar-refractivity contribution in [3.05, 3.63) is 139 Å². The number of rotatable bonds is 18. The lowest BCUT2D eigenvalue weighted by Gasteiger charge is -2.19. The summed E-state index contributed by atoms with van der Waals surface area (Å²) in [6, 6.07) is 14.0. The van der Waals surface area contributed by atoms with E-state index in [4.69, 9.17) is 0 Å². The van der Waals surface area contributed by atoms with Crippen LogP contribution in [0, 0.1) is 30.4 Å². The molecule has 0 bridgehead atoms. The molecule has 18 heteroatoms. The maximum atomic E-state index is 16.7. The van der Waals surface area contributed by atoms with Gasteiger partial charge in [-0.25, -0.2) is 23.5 Å². The molecule has 69 heavy (non-hydrogen) atoms.